The zero-order valence-electron chi connectivity index (χ0n) is 11.4. The molecule has 10 heteroatoms. The lowest BCUT2D eigenvalue weighted by molar-refractivity contribution is -0.140. The lowest BCUT2D eigenvalue weighted by atomic mass is 10.3. The number of thiophene rings is 1. The molecule has 0 saturated heterocycles. The molecule has 0 bridgehead atoms. The molecule has 0 spiro atoms. The first-order valence-electron chi connectivity index (χ1n) is 5.90. The number of carboxylic acids is 1. The van der Waals surface area contributed by atoms with Crippen molar-refractivity contribution in [3.8, 4) is 0 Å². The van der Waals surface area contributed by atoms with Crippen molar-refractivity contribution in [2.24, 2.45) is 0 Å². The quantitative estimate of drug-likeness (QED) is 0.715. The first-order valence-corrected chi connectivity index (χ1v) is 9.01. The second kappa shape index (κ2) is 7.34. The zero-order valence-corrected chi connectivity index (χ0v) is 14.6. The Bertz CT molecular complexity index is 628. The second-order valence-corrected chi connectivity index (χ2v) is 8.03. The Balaban J connectivity index is 3.08. The van der Waals surface area contributed by atoms with Crippen LogP contribution in [-0.4, -0.2) is 48.8 Å². The molecule has 1 aromatic heterocycles. The van der Waals surface area contributed by atoms with Gasteiger partial charge in [-0.1, -0.05) is 0 Å². The monoisotopic (exact) mass is 398 g/mol. The summed E-state index contributed by atoms with van der Waals surface area (Å²) in [6.45, 7) is 2.50. The van der Waals surface area contributed by atoms with E-state index in [-0.39, 0.29) is 23.2 Å². The Morgan fingerprint density at radius 2 is 2.14 bits per heavy atom. The Morgan fingerprint density at radius 1 is 1.52 bits per heavy atom. The van der Waals surface area contributed by atoms with E-state index in [1.54, 1.807) is 11.4 Å². The van der Waals surface area contributed by atoms with Gasteiger partial charge in [0, 0.05) is 24.5 Å². The largest absolute Gasteiger partial charge is 0.480 e. The number of carbonyl (C=O) groups excluding carboxylic acids is 1. The van der Waals surface area contributed by atoms with E-state index in [0.29, 0.717) is 4.47 Å². The van der Waals surface area contributed by atoms with Crippen molar-refractivity contribution in [2.75, 3.05) is 13.1 Å². The Kier molecular flexibility index (Phi) is 6.32. The summed E-state index contributed by atoms with van der Waals surface area (Å²) in [6.07, 6.45) is 0. The molecule has 1 unspecified atom stereocenters. The first kappa shape index (κ1) is 18.1. The van der Waals surface area contributed by atoms with Crippen LogP contribution in [-0.2, 0) is 19.6 Å². The van der Waals surface area contributed by atoms with Crippen LogP contribution in [0, 0.1) is 0 Å². The standard InChI is InChI=1S/C11H15BrN2O5S2/c1-7(10(16)17)14(5-4-13-8(2)15)21(18,19)11-9(12)3-6-20-11/h3,6-7H,4-5H2,1-2H3,(H,13,15)(H,16,17). The van der Waals surface area contributed by atoms with Gasteiger partial charge in [-0.05, 0) is 34.3 Å². The number of nitrogens with zero attached hydrogens (tertiary/aromatic N) is 1. The van der Waals surface area contributed by atoms with Gasteiger partial charge in [-0.25, -0.2) is 8.42 Å². The molecule has 0 aliphatic heterocycles. The van der Waals surface area contributed by atoms with E-state index in [4.69, 9.17) is 5.11 Å². The third-order valence-electron chi connectivity index (χ3n) is 2.62. The minimum absolute atomic E-state index is 0.0369. The molecular weight excluding hydrogens is 384 g/mol. The Labute approximate surface area is 135 Å². The predicted octanol–water partition coefficient (Wildman–Crippen LogP) is 1.11. The highest BCUT2D eigenvalue weighted by molar-refractivity contribution is 9.10. The van der Waals surface area contributed by atoms with Crippen molar-refractivity contribution < 1.29 is 23.1 Å². The van der Waals surface area contributed by atoms with Gasteiger partial charge >= 0.3 is 5.97 Å². The average molecular weight is 399 g/mol. The van der Waals surface area contributed by atoms with Gasteiger partial charge in [0.1, 0.15) is 10.3 Å². The number of nitrogens with one attached hydrogen (secondary N) is 1. The maximum absolute atomic E-state index is 12.6. The lowest BCUT2D eigenvalue weighted by Crippen LogP contribution is -2.46. The van der Waals surface area contributed by atoms with Crippen LogP contribution >= 0.6 is 27.3 Å². The highest BCUT2D eigenvalue weighted by Crippen LogP contribution is 2.31. The van der Waals surface area contributed by atoms with Gasteiger partial charge in [0.2, 0.25) is 5.91 Å². The van der Waals surface area contributed by atoms with Gasteiger partial charge in [-0.3, -0.25) is 9.59 Å². The van der Waals surface area contributed by atoms with E-state index >= 15 is 0 Å². The molecule has 0 aliphatic rings. The molecule has 1 aromatic rings. The molecule has 21 heavy (non-hydrogen) atoms. The third kappa shape index (κ3) is 4.50. The molecule has 1 heterocycles. The molecule has 2 N–H and O–H groups in total. The number of aliphatic carboxylic acids is 1. The average Bonchev–Trinajstić information content (AvgIpc) is 2.80. The summed E-state index contributed by atoms with van der Waals surface area (Å²) in [6, 6.07) is 0.340. The van der Waals surface area contributed by atoms with Crippen LogP contribution < -0.4 is 5.32 Å². The van der Waals surface area contributed by atoms with Crippen LogP contribution in [0.1, 0.15) is 13.8 Å². The summed E-state index contributed by atoms with van der Waals surface area (Å²) < 4.78 is 26.4. The maximum atomic E-state index is 12.6. The van der Waals surface area contributed by atoms with E-state index in [1.165, 1.54) is 13.8 Å². The summed E-state index contributed by atoms with van der Waals surface area (Å²) >= 11 is 4.13. The van der Waals surface area contributed by atoms with Crippen molar-refractivity contribution in [2.45, 2.75) is 24.1 Å². The van der Waals surface area contributed by atoms with E-state index in [0.717, 1.165) is 15.6 Å². The molecule has 1 amide bonds. The van der Waals surface area contributed by atoms with Crippen LogP contribution in [0.15, 0.2) is 20.1 Å². The van der Waals surface area contributed by atoms with Crippen LogP contribution in [0.5, 0.6) is 0 Å². The van der Waals surface area contributed by atoms with Crippen molar-refractivity contribution in [1.82, 2.24) is 9.62 Å². The number of hydrogen-bond acceptors (Lipinski definition) is 5. The Hall–Kier alpha value is -0.970. The van der Waals surface area contributed by atoms with Crippen LogP contribution in [0.25, 0.3) is 0 Å². The number of sulfonamides is 1. The lowest BCUT2D eigenvalue weighted by Gasteiger charge is -2.25. The fraction of sp³-hybridized carbons (Fsp3) is 0.455. The number of halogens is 1. The molecule has 0 saturated carbocycles. The first-order chi connectivity index (χ1) is 9.67. The van der Waals surface area contributed by atoms with Crippen molar-refractivity contribution in [3.05, 3.63) is 15.9 Å². The van der Waals surface area contributed by atoms with Gasteiger partial charge in [0.15, 0.2) is 0 Å². The van der Waals surface area contributed by atoms with Gasteiger partial charge in [0.05, 0.1) is 0 Å². The van der Waals surface area contributed by atoms with E-state index in [1.807, 2.05) is 0 Å². The zero-order chi connectivity index (χ0) is 16.2. The van der Waals surface area contributed by atoms with Crippen molar-refractivity contribution >= 4 is 49.2 Å². The summed E-state index contributed by atoms with van der Waals surface area (Å²) in [4.78, 5) is 22.0. The van der Waals surface area contributed by atoms with Crippen LogP contribution in [0.4, 0.5) is 0 Å². The third-order valence-corrected chi connectivity index (χ3v) is 7.24. The molecule has 1 atom stereocenters. The molecule has 118 valence electrons. The smallest absolute Gasteiger partial charge is 0.321 e. The molecule has 0 aromatic carbocycles. The normalized spacial score (nSPS) is 13.1. The van der Waals surface area contributed by atoms with E-state index in [9.17, 15) is 18.0 Å². The van der Waals surface area contributed by atoms with Gasteiger partial charge in [-0.2, -0.15) is 4.31 Å². The highest BCUT2D eigenvalue weighted by Gasteiger charge is 2.34. The van der Waals surface area contributed by atoms with E-state index in [2.05, 4.69) is 21.2 Å². The molecule has 1 rings (SSSR count). The molecular formula is C11H15BrN2O5S2. The molecule has 0 fully saturated rings. The number of rotatable bonds is 7. The van der Waals surface area contributed by atoms with Crippen LogP contribution in [0.3, 0.4) is 0 Å². The maximum Gasteiger partial charge on any atom is 0.321 e. The summed E-state index contributed by atoms with van der Waals surface area (Å²) in [5.74, 6) is -1.57. The van der Waals surface area contributed by atoms with Crippen molar-refractivity contribution in [1.29, 1.82) is 0 Å². The van der Waals surface area contributed by atoms with Crippen LogP contribution in [0.2, 0.25) is 0 Å². The van der Waals surface area contributed by atoms with Gasteiger partial charge in [0.25, 0.3) is 10.0 Å². The SMILES string of the molecule is CC(=O)NCCN(C(C)C(=O)O)S(=O)(=O)c1sccc1Br. The Morgan fingerprint density at radius 3 is 2.57 bits per heavy atom. The number of amides is 1. The van der Waals surface area contributed by atoms with Crippen molar-refractivity contribution in [3.63, 3.8) is 0 Å². The highest BCUT2D eigenvalue weighted by atomic mass is 79.9. The fourth-order valence-corrected chi connectivity index (χ4v) is 5.57. The molecule has 7 nitrogen and oxygen atoms in total. The molecule has 0 aliphatic carbocycles. The minimum Gasteiger partial charge on any atom is -0.480 e. The fourth-order valence-electron chi connectivity index (χ4n) is 1.56. The molecule has 0 radical (unpaired) electrons. The number of carboxylic acid groups (broad SMARTS) is 1. The minimum atomic E-state index is -3.96. The summed E-state index contributed by atoms with van der Waals surface area (Å²) in [5.41, 5.74) is 0. The number of carbonyl (C=O) groups is 2. The predicted molar refractivity (Wildman–Crippen MR) is 81.7 cm³/mol. The van der Waals surface area contributed by atoms with Gasteiger partial charge < -0.3 is 10.4 Å². The summed E-state index contributed by atoms with van der Waals surface area (Å²) in [5, 5.41) is 13.1. The topological polar surface area (TPSA) is 104 Å². The summed E-state index contributed by atoms with van der Waals surface area (Å²) in [7, 11) is -3.96. The van der Waals surface area contributed by atoms with E-state index < -0.39 is 22.0 Å². The van der Waals surface area contributed by atoms with Gasteiger partial charge in [-0.15, -0.1) is 11.3 Å². The second-order valence-electron chi connectivity index (χ2n) is 4.17. The number of hydrogen-bond donors (Lipinski definition) is 2.